The van der Waals surface area contributed by atoms with Crippen LogP contribution in [0.15, 0.2) is 30.3 Å². The average Bonchev–Trinajstić information content (AvgIpc) is 3.23. The van der Waals surface area contributed by atoms with Gasteiger partial charge in [-0.05, 0) is 25.0 Å². The van der Waals surface area contributed by atoms with E-state index >= 15 is 0 Å². The van der Waals surface area contributed by atoms with Crippen LogP contribution in [0.25, 0.3) is 11.3 Å². The molecule has 0 spiro atoms. The minimum absolute atomic E-state index is 0.339. The molecule has 0 unspecified atom stereocenters. The van der Waals surface area contributed by atoms with Crippen molar-refractivity contribution < 1.29 is 9.47 Å². The topological polar surface area (TPSA) is 44.2 Å². The first-order valence-corrected chi connectivity index (χ1v) is 6.92. The van der Waals surface area contributed by atoms with E-state index in [-0.39, 0.29) is 0 Å². The van der Waals surface area contributed by atoms with Gasteiger partial charge < -0.3 is 9.47 Å². The highest BCUT2D eigenvalue weighted by Crippen LogP contribution is 2.29. The van der Waals surface area contributed by atoms with Gasteiger partial charge in [-0.25, -0.2) is 9.97 Å². The van der Waals surface area contributed by atoms with Gasteiger partial charge in [0.15, 0.2) is 5.82 Å². The number of hydrogen-bond donors (Lipinski definition) is 0. The zero-order chi connectivity index (χ0) is 13.9. The lowest BCUT2D eigenvalue weighted by Gasteiger charge is -2.08. The Morgan fingerprint density at radius 2 is 2.10 bits per heavy atom. The van der Waals surface area contributed by atoms with Crippen molar-refractivity contribution in [2.24, 2.45) is 0 Å². The van der Waals surface area contributed by atoms with Crippen molar-refractivity contribution in [2.75, 3.05) is 7.11 Å². The summed E-state index contributed by atoms with van der Waals surface area (Å²) in [5.41, 5.74) is 1.74. The Kier molecular flexibility index (Phi) is 3.85. The van der Waals surface area contributed by atoms with Gasteiger partial charge in [0, 0.05) is 18.7 Å². The molecule has 1 aliphatic rings. The first-order valence-electron chi connectivity index (χ1n) is 6.54. The molecule has 1 aliphatic carbocycles. The Morgan fingerprint density at radius 3 is 2.85 bits per heavy atom. The predicted molar refractivity (Wildman–Crippen MR) is 76.8 cm³/mol. The molecule has 0 radical (unpaired) electrons. The fraction of sp³-hybridized carbons (Fsp3) is 0.333. The molecule has 1 fully saturated rings. The average molecular weight is 291 g/mol. The maximum Gasteiger partial charge on any atom is 0.156 e. The van der Waals surface area contributed by atoms with Crippen LogP contribution in [-0.4, -0.2) is 23.2 Å². The summed E-state index contributed by atoms with van der Waals surface area (Å²) >= 11 is 6.03. The summed E-state index contributed by atoms with van der Waals surface area (Å²) < 4.78 is 10.8. The third-order valence-electron chi connectivity index (χ3n) is 2.97. The van der Waals surface area contributed by atoms with Crippen molar-refractivity contribution in [3.05, 3.63) is 41.3 Å². The second kappa shape index (κ2) is 5.77. The molecule has 0 N–H and O–H groups in total. The SMILES string of the molecule is COCc1nc(Cl)cc(-c2cccc(OC3CC3)c2)n1. The van der Waals surface area contributed by atoms with Crippen LogP contribution >= 0.6 is 11.6 Å². The fourth-order valence-corrected chi connectivity index (χ4v) is 2.11. The maximum atomic E-state index is 6.03. The van der Waals surface area contributed by atoms with E-state index in [2.05, 4.69) is 9.97 Å². The fourth-order valence-electron chi connectivity index (χ4n) is 1.91. The number of aromatic nitrogens is 2. The van der Waals surface area contributed by atoms with Gasteiger partial charge in [0.05, 0.1) is 11.8 Å². The summed E-state index contributed by atoms with van der Waals surface area (Å²) in [5, 5.41) is 0.413. The first-order chi connectivity index (χ1) is 9.74. The molecule has 104 valence electrons. The Balaban J connectivity index is 1.90. The van der Waals surface area contributed by atoms with Gasteiger partial charge in [-0.15, -0.1) is 0 Å². The van der Waals surface area contributed by atoms with Crippen molar-refractivity contribution in [1.29, 1.82) is 0 Å². The first kappa shape index (κ1) is 13.3. The standard InChI is InChI=1S/C15H15ClN2O2/c1-19-9-15-17-13(8-14(16)18-15)10-3-2-4-12(7-10)20-11-5-6-11/h2-4,7-8,11H,5-6,9H2,1H3. The highest BCUT2D eigenvalue weighted by Gasteiger charge is 2.23. The molecule has 1 aromatic carbocycles. The smallest absolute Gasteiger partial charge is 0.156 e. The van der Waals surface area contributed by atoms with E-state index < -0.39 is 0 Å². The summed E-state index contributed by atoms with van der Waals surface area (Å²) in [4.78, 5) is 8.58. The molecule has 1 heterocycles. The van der Waals surface area contributed by atoms with E-state index in [1.165, 1.54) is 0 Å². The zero-order valence-corrected chi connectivity index (χ0v) is 11.9. The molecule has 0 bridgehead atoms. The van der Waals surface area contributed by atoms with E-state index in [1.54, 1.807) is 13.2 Å². The number of halogens is 1. The third-order valence-corrected chi connectivity index (χ3v) is 3.17. The molecule has 3 rings (SSSR count). The number of hydrogen-bond acceptors (Lipinski definition) is 4. The molecule has 1 aromatic heterocycles. The van der Waals surface area contributed by atoms with Crippen molar-refractivity contribution >= 4 is 11.6 Å². The van der Waals surface area contributed by atoms with Gasteiger partial charge in [-0.2, -0.15) is 0 Å². The second-order valence-electron chi connectivity index (χ2n) is 4.77. The molecule has 0 amide bonds. The normalized spacial score (nSPS) is 14.3. The lowest BCUT2D eigenvalue weighted by atomic mass is 10.1. The Labute approximate surface area is 122 Å². The highest BCUT2D eigenvalue weighted by atomic mass is 35.5. The van der Waals surface area contributed by atoms with Crippen LogP contribution in [-0.2, 0) is 11.3 Å². The number of nitrogens with zero attached hydrogens (tertiary/aromatic N) is 2. The van der Waals surface area contributed by atoms with Gasteiger partial charge in [-0.3, -0.25) is 0 Å². The molecule has 2 aromatic rings. The van der Waals surface area contributed by atoms with Gasteiger partial charge in [0.25, 0.3) is 0 Å². The molecule has 1 saturated carbocycles. The Hall–Kier alpha value is -1.65. The molecular formula is C15H15ClN2O2. The monoisotopic (exact) mass is 290 g/mol. The minimum Gasteiger partial charge on any atom is -0.490 e. The van der Waals surface area contributed by atoms with Crippen LogP contribution in [0.1, 0.15) is 18.7 Å². The van der Waals surface area contributed by atoms with Crippen molar-refractivity contribution in [3.8, 4) is 17.0 Å². The summed E-state index contributed by atoms with van der Waals surface area (Å²) in [6, 6.07) is 9.62. The Morgan fingerprint density at radius 1 is 1.25 bits per heavy atom. The molecule has 5 heteroatoms. The number of ether oxygens (including phenoxy) is 2. The van der Waals surface area contributed by atoms with E-state index in [0.717, 1.165) is 29.8 Å². The maximum absolute atomic E-state index is 6.03. The van der Waals surface area contributed by atoms with Crippen molar-refractivity contribution in [3.63, 3.8) is 0 Å². The van der Waals surface area contributed by atoms with Crippen molar-refractivity contribution in [2.45, 2.75) is 25.6 Å². The highest BCUT2D eigenvalue weighted by molar-refractivity contribution is 6.29. The quantitative estimate of drug-likeness (QED) is 0.791. The van der Waals surface area contributed by atoms with E-state index in [4.69, 9.17) is 21.1 Å². The van der Waals surface area contributed by atoms with E-state index in [1.807, 2.05) is 24.3 Å². The van der Waals surface area contributed by atoms with E-state index in [0.29, 0.717) is 23.7 Å². The van der Waals surface area contributed by atoms with Gasteiger partial charge in [-0.1, -0.05) is 23.7 Å². The van der Waals surface area contributed by atoms with Crippen LogP contribution in [0, 0.1) is 0 Å². The summed E-state index contributed by atoms with van der Waals surface area (Å²) in [6.07, 6.45) is 2.66. The molecule has 0 aliphatic heterocycles. The van der Waals surface area contributed by atoms with Crippen LogP contribution in [0.2, 0.25) is 5.15 Å². The number of rotatable bonds is 5. The van der Waals surface area contributed by atoms with Crippen LogP contribution in [0.3, 0.4) is 0 Å². The lowest BCUT2D eigenvalue weighted by Crippen LogP contribution is -1.99. The van der Waals surface area contributed by atoms with Gasteiger partial charge in [0.1, 0.15) is 17.5 Å². The van der Waals surface area contributed by atoms with E-state index in [9.17, 15) is 0 Å². The largest absolute Gasteiger partial charge is 0.490 e. The summed E-state index contributed by atoms with van der Waals surface area (Å²) in [6.45, 7) is 0.339. The van der Waals surface area contributed by atoms with Crippen LogP contribution in [0.4, 0.5) is 0 Å². The molecule has 0 atom stereocenters. The summed E-state index contributed by atoms with van der Waals surface area (Å²) in [5.74, 6) is 1.44. The zero-order valence-electron chi connectivity index (χ0n) is 11.2. The lowest BCUT2D eigenvalue weighted by molar-refractivity contribution is 0.178. The van der Waals surface area contributed by atoms with Crippen LogP contribution in [0.5, 0.6) is 5.75 Å². The Bertz CT molecular complexity index is 615. The van der Waals surface area contributed by atoms with Gasteiger partial charge in [0.2, 0.25) is 0 Å². The number of benzene rings is 1. The summed E-state index contributed by atoms with van der Waals surface area (Å²) in [7, 11) is 1.61. The second-order valence-corrected chi connectivity index (χ2v) is 5.16. The number of methoxy groups -OCH3 is 1. The van der Waals surface area contributed by atoms with Crippen molar-refractivity contribution in [1.82, 2.24) is 9.97 Å². The predicted octanol–water partition coefficient (Wildman–Crippen LogP) is 3.48. The molecule has 4 nitrogen and oxygen atoms in total. The molecular weight excluding hydrogens is 276 g/mol. The minimum atomic E-state index is 0.339. The third kappa shape index (κ3) is 3.26. The molecule has 0 saturated heterocycles. The van der Waals surface area contributed by atoms with Crippen LogP contribution < -0.4 is 4.74 Å². The van der Waals surface area contributed by atoms with Gasteiger partial charge >= 0.3 is 0 Å². The molecule has 20 heavy (non-hydrogen) atoms.